The molecule has 72 valence electrons. The van der Waals surface area contributed by atoms with Gasteiger partial charge in [-0.15, -0.1) is 23.2 Å². The minimum absolute atomic E-state index is 0.490. The lowest BCUT2D eigenvalue weighted by Crippen LogP contribution is -2.45. The lowest BCUT2D eigenvalue weighted by atomic mass is 9.53. The van der Waals surface area contributed by atoms with Crippen molar-refractivity contribution >= 4 is 23.2 Å². The van der Waals surface area contributed by atoms with E-state index in [4.69, 9.17) is 23.2 Å². The number of hydrogen-bond acceptors (Lipinski definition) is 0. The van der Waals surface area contributed by atoms with E-state index in [2.05, 4.69) is 13.8 Å². The van der Waals surface area contributed by atoms with Gasteiger partial charge in [-0.05, 0) is 36.5 Å². The number of alkyl halides is 2. The lowest BCUT2D eigenvalue weighted by Gasteiger charge is -2.52. The molecule has 0 aliphatic heterocycles. The first-order valence-electron chi connectivity index (χ1n) is 4.74. The highest BCUT2D eigenvalue weighted by atomic mass is 35.5. The molecule has 0 aromatic carbocycles. The number of halogens is 2. The van der Waals surface area contributed by atoms with E-state index in [0.717, 1.165) is 23.6 Å². The fraction of sp³-hybridized carbons (Fsp3) is 1.00. The SMILES string of the molecule is CC1(C)[C@@H](CCCl)C[C@@H]1CCCl. The summed E-state index contributed by atoms with van der Waals surface area (Å²) in [5, 5.41) is 0. The van der Waals surface area contributed by atoms with E-state index in [0.29, 0.717) is 5.41 Å². The molecule has 0 radical (unpaired) electrons. The second-order valence-corrected chi connectivity index (χ2v) is 5.16. The van der Waals surface area contributed by atoms with Gasteiger partial charge in [-0.25, -0.2) is 0 Å². The third-order valence-corrected chi connectivity index (χ3v) is 4.03. The highest BCUT2D eigenvalue weighted by Gasteiger charge is 2.46. The Hall–Kier alpha value is 0.580. The van der Waals surface area contributed by atoms with E-state index in [1.165, 1.54) is 19.3 Å². The molecule has 0 N–H and O–H groups in total. The quantitative estimate of drug-likeness (QED) is 0.616. The molecular weight excluding hydrogens is 191 g/mol. The van der Waals surface area contributed by atoms with Gasteiger partial charge in [-0.3, -0.25) is 0 Å². The standard InChI is InChI=1S/C10H18Cl2/c1-10(2)8(3-5-11)7-9(10)4-6-12/h8-9H,3-7H2,1-2H3/t8-,9-/m0/s1. The zero-order chi connectivity index (χ0) is 9.19. The van der Waals surface area contributed by atoms with Gasteiger partial charge in [0.2, 0.25) is 0 Å². The van der Waals surface area contributed by atoms with Crippen LogP contribution in [-0.2, 0) is 0 Å². The maximum absolute atomic E-state index is 5.74. The van der Waals surface area contributed by atoms with Gasteiger partial charge >= 0.3 is 0 Å². The topological polar surface area (TPSA) is 0 Å². The molecular formula is C10H18Cl2. The van der Waals surface area contributed by atoms with Gasteiger partial charge in [0, 0.05) is 11.8 Å². The van der Waals surface area contributed by atoms with E-state index < -0.39 is 0 Å². The zero-order valence-electron chi connectivity index (χ0n) is 7.95. The first kappa shape index (κ1) is 10.7. The van der Waals surface area contributed by atoms with E-state index in [9.17, 15) is 0 Å². The average molecular weight is 209 g/mol. The summed E-state index contributed by atoms with van der Waals surface area (Å²) in [5.41, 5.74) is 0.490. The predicted octanol–water partition coefficient (Wildman–Crippen LogP) is 3.91. The molecule has 0 nitrogen and oxygen atoms in total. The van der Waals surface area contributed by atoms with Crippen LogP contribution < -0.4 is 0 Å². The summed E-state index contributed by atoms with van der Waals surface area (Å²) in [7, 11) is 0. The molecule has 0 aromatic rings. The molecule has 1 aliphatic carbocycles. The van der Waals surface area contributed by atoms with Crippen LogP contribution in [0.25, 0.3) is 0 Å². The summed E-state index contributed by atoms with van der Waals surface area (Å²) in [5.74, 6) is 3.29. The maximum atomic E-state index is 5.74. The van der Waals surface area contributed by atoms with Crippen molar-refractivity contribution in [1.82, 2.24) is 0 Å². The molecule has 12 heavy (non-hydrogen) atoms. The highest BCUT2D eigenvalue weighted by molar-refractivity contribution is 6.18. The molecule has 2 atom stereocenters. The summed E-state index contributed by atoms with van der Waals surface area (Å²) in [4.78, 5) is 0. The molecule has 0 aromatic heterocycles. The second-order valence-electron chi connectivity index (χ2n) is 4.41. The number of hydrogen-bond donors (Lipinski definition) is 0. The first-order valence-corrected chi connectivity index (χ1v) is 5.81. The fourth-order valence-electron chi connectivity index (χ4n) is 2.37. The molecule has 1 rings (SSSR count). The van der Waals surface area contributed by atoms with Crippen molar-refractivity contribution in [2.45, 2.75) is 33.1 Å². The summed E-state index contributed by atoms with van der Waals surface area (Å²) < 4.78 is 0. The Morgan fingerprint density at radius 1 is 1.08 bits per heavy atom. The average Bonchev–Trinajstić information content (AvgIpc) is 2.03. The Bertz CT molecular complexity index is 129. The van der Waals surface area contributed by atoms with E-state index in [1.807, 2.05) is 0 Å². The summed E-state index contributed by atoms with van der Waals surface area (Å²) in [6, 6.07) is 0. The van der Waals surface area contributed by atoms with E-state index in [-0.39, 0.29) is 0 Å². The molecule has 0 spiro atoms. The molecule has 0 bridgehead atoms. The van der Waals surface area contributed by atoms with Crippen LogP contribution in [0.3, 0.4) is 0 Å². The van der Waals surface area contributed by atoms with Gasteiger partial charge in [0.05, 0.1) is 0 Å². The van der Waals surface area contributed by atoms with Crippen molar-refractivity contribution in [1.29, 1.82) is 0 Å². The minimum atomic E-state index is 0.490. The molecule has 0 saturated heterocycles. The third kappa shape index (κ3) is 1.90. The van der Waals surface area contributed by atoms with Gasteiger partial charge in [0.1, 0.15) is 0 Å². The van der Waals surface area contributed by atoms with Crippen LogP contribution >= 0.6 is 23.2 Å². The van der Waals surface area contributed by atoms with Crippen molar-refractivity contribution in [2.75, 3.05) is 11.8 Å². The smallest absolute Gasteiger partial charge is 0.0226 e. The van der Waals surface area contributed by atoms with Gasteiger partial charge in [0.15, 0.2) is 0 Å². The van der Waals surface area contributed by atoms with E-state index in [1.54, 1.807) is 0 Å². The van der Waals surface area contributed by atoms with Crippen LogP contribution in [-0.4, -0.2) is 11.8 Å². The Morgan fingerprint density at radius 2 is 1.50 bits per heavy atom. The number of rotatable bonds is 4. The maximum Gasteiger partial charge on any atom is 0.0226 e. The molecule has 1 fully saturated rings. The largest absolute Gasteiger partial charge is 0.127 e. The van der Waals surface area contributed by atoms with E-state index >= 15 is 0 Å². The van der Waals surface area contributed by atoms with Gasteiger partial charge in [-0.2, -0.15) is 0 Å². The fourth-order valence-corrected chi connectivity index (χ4v) is 2.89. The van der Waals surface area contributed by atoms with Crippen molar-refractivity contribution in [2.24, 2.45) is 17.3 Å². The van der Waals surface area contributed by atoms with Crippen LogP contribution in [0.2, 0.25) is 0 Å². The first-order chi connectivity index (χ1) is 5.62. The normalized spacial score (nSPS) is 33.0. The lowest BCUT2D eigenvalue weighted by molar-refractivity contribution is -0.0232. The zero-order valence-corrected chi connectivity index (χ0v) is 9.46. The summed E-state index contributed by atoms with van der Waals surface area (Å²) in [6.45, 7) is 4.70. The summed E-state index contributed by atoms with van der Waals surface area (Å²) >= 11 is 11.5. The summed E-state index contributed by atoms with van der Waals surface area (Å²) in [6.07, 6.45) is 3.69. The van der Waals surface area contributed by atoms with Crippen molar-refractivity contribution < 1.29 is 0 Å². The predicted molar refractivity (Wildman–Crippen MR) is 56.1 cm³/mol. The van der Waals surface area contributed by atoms with Gasteiger partial charge < -0.3 is 0 Å². The monoisotopic (exact) mass is 208 g/mol. The van der Waals surface area contributed by atoms with Crippen molar-refractivity contribution in [3.63, 3.8) is 0 Å². The molecule has 1 aliphatic rings. The van der Waals surface area contributed by atoms with Crippen LogP contribution in [0.1, 0.15) is 33.1 Å². The minimum Gasteiger partial charge on any atom is -0.127 e. The molecule has 0 unspecified atom stereocenters. The Labute approximate surface area is 85.6 Å². The van der Waals surface area contributed by atoms with Crippen LogP contribution in [0.4, 0.5) is 0 Å². The van der Waals surface area contributed by atoms with Crippen molar-refractivity contribution in [3.05, 3.63) is 0 Å². The van der Waals surface area contributed by atoms with Crippen molar-refractivity contribution in [3.8, 4) is 0 Å². The molecule has 2 heteroatoms. The highest BCUT2D eigenvalue weighted by Crippen LogP contribution is 2.54. The Balaban J connectivity index is 2.36. The second kappa shape index (κ2) is 4.19. The van der Waals surface area contributed by atoms with Crippen LogP contribution in [0, 0.1) is 17.3 Å². The van der Waals surface area contributed by atoms with Gasteiger partial charge in [-0.1, -0.05) is 13.8 Å². The van der Waals surface area contributed by atoms with Gasteiger partial charge in [0.25, 0.3) is 0 Å². The Morgan fingerprint density at radius 3 is 1.75 bits per heavy atom. The molecule has 1 saturated carbocycles. The van der Waals surface area contributed by atoms with Crippen LogP contribution in [0.5, 0.6) is 0 Å². The Kier molecular flexibility index (Phi) is 3.73. The molecule has 0 amide bonds. The molecule has 0 heterocycles. The third-order valence-electron chi connectivity index (χ3n) is 3.59. The van der Waals surface area contributed by atoms with Crippen LogP contribution in [0.15, 0.2) is 0 Å².